The highest BCUT2D eigenvalue weighted by Crippen LogP contribution is 2.49. The lowest BCUT2D eigenvalue weighted by Gasteiger charge is -2.40. The standard InChI is InChI=1S/C22H21ClFN3O3/c23-18-5-1-14(11-20(18)27(29)30)21(28)26-13-22(17-12-15(24)2-6-19(17)26)7-9-25(10-8-22)16-3-4-16/h1-2,5-6,11-12,16H,3-4,7-10,13H2. The molecule has 0 radical (unpaired) electrons. The number of carbonyl (C=O) groups is 1. The monoisotopic (exact) mass is 429 g/mol. The number of nitrogens with zero attached hydrogens (tertiary/aromatic N) is 3. The summed E-state index contributed by atoms with van der Waals surface area (Å²) in [5.41, 5.74) is 1.19. The quantitative estimate of drug-likeness (QED) is 0.530. The van der Waals surface area contributed by atoms with Crippen LogP contribution in [0.1, 0.15) is 41.6 Å². The number of rotatable bonds is 3. The Kier molecular flexibility index (Phi) is 4.56. The van der Waals surface area contributed by atoms with Crippen LogP contribution in [0.5, 0.6) is 0 Å². The Morgan fingerprint density at radius 1 is 1.17 bits per heavy atom. The van der Waals surface area contributed by atoms with Crippen LogP contribution in [0.3, 0.4) is 0 Å². The lowest BCUT2D eigenvalue weighted by Crippen LogP contribution is -2.46. The lowest BCUT2D eigenvalue weighted by molar-refractivity contribution is -0.384. The first-order valence-electron chi connectivity index (χ1n) is 10.2. The van der Waals surface area contributed by atoms with E-state index in [1.54, 1.807) is 17.0 Å². The van der Waals surface area contributed by atoms with Gasteiger partial charge in [0.15, 0.2) is 0 Å². The van der Waals surface area contributed by atoms with E-state index in [-0.39, 0.29) is 33.4 Å². The number of halogens is 2. The molecule has 5 rings (SSSR count). The maximum Gasteiger partial charge on any atom is 0.288 e. The van der Waals surface area contributed by atoms with Crippen molar-refractivity contribution in [3.05, 3.63) is 68.5 Å². The van der Waals surface area contributed by atoms with Crippen molar-refractivity contribution in [1.29, 1.82) is 0 Å². The SMILES string of the molecule is O=C(c1ccc(Cl)c([N+](=O)[O-])c1)N1CC2(CCN(C3CC3)CC2)c2cc(F)ccc21. The third-order valence-electron chi connectivity index (χ3n) is 6.73. The van der Waals surface area contributed by atoms with E-state index in [1.165, 1.54) is 37.1 Å². The molecule has 2 aliphatic heterocycles. The molecule has 156 valence electrons. The summed E-state index contributed by atoms with van der Waals surface area (Å²) < 4.78 is 14.1. The number of nitro groups is 1. The molecule has 0 aromatic heterocycles. The molecule has 0 bridgehead atoms. The van der Waals surface area contributed by atoms with E-state index < -0.39 is 4.92 Å². The van der Waals surface area contributed by atoms with Gasteiger partial charge in [0.1, 0.15) is 10.8 Å². The summed E-state index contributed by atoms with van der Waals surface area (Å²) in [6, 6.07) is 9.34. The number of nitro benzene ring substituents is 1. The van der Waals surface area contributed by atoms with Crippen LogP contribution in [0, 0.1) is 15.9 Å². The zero-order valence-corrected chi connectivity index (χ0v) is 17.1. The number of likely N-dealkylation sites (tertiary alicyclic amines) is 1. The third kappa shape index (κ3) is 3.17. The fourth-order valence-electron chi connectivity index (χ4n) is 4.95. The molecule has 3 aliphatic rings. The van der Waals surface area contributed by atoms with Crippen LogP contribution in [0.25, 0.3) is 0 Å². The maximum atomic E-state index is 14.1. The van der Waals surface area contributed by atoms with E-state index in [2.05, 4.69) is 4.90 Å². The molecule has 0 N–H and O–H groups in total. The van der Waals surface area contributed by atoms with Crippen LogP contribution in [0.4, 0.5) is 15.8 Å². The smallest absolute Gasteiger partial charge is 0.288 e. The van der Waals surface area contributed by atoms with Crippen molar-refractivity contribution in [2.75, 3.05) is 24.5 Å². The molecule has 1 amide bonds. The molecular weight excluding hydrogens is 409 g/mol. The summed E-state index contributed by atoms with van der Waals surface area (Å²) in [6.07, 6.45) is 4.23. The summed E-state index contributed by atoms with van der Waals surface area (Å²) in [6.45, 7) is 2.34. The molecule has 0 atom stereocenters. The summed E-state index contributed by atoms with van der Waals surface area (Å²) in [7, 11) is 0. The maximum absolute atomic E-state index is 14.1. The molecule has 8 heteroatoms. The molecule has 1 saturated heterocycles. The van der Waals surface area contributed by atoms with Gasteiger partial charge in [-0.05, 0) is 74.7 Å². The second-order valence-electron chi connectivity index (χ2n) is 8.52. The van der Waals surface area contributed by atoms with Crippen molar-refractivity contribution >= 4 is 28.9 Å². The average Bonchev–Trinajstić information content (AvgIpc) is 3.53. The number of amides is 1. The van der Waals surface area contributed by atoms with Crippen molar-refractivity contribution in [3.63, 3.8) is 0 Å². The Bertz CT molecular complexity index is 1050. The topological polar surface area (TPSA) is 66.7 Å². The number of hydrogen-bond acceptors (Lipinski definition) is 4. The van der Waals surface area contributed by atoms with E-state index in [9.17, 15) is 19.3 Å². The van der Waals surface area contributed by atoms with Gasteiger partial charge in [-0.2, -0.15) is 0 Å². The minimum atomic E-state index is -0.596. The number of anilines is 1. The van der Waals surface area contributed by atoms with Crippen LogP contribution in [-0.2, 0) is 5.41 Å². The minimum Gasteiger partial charge on any atom is -0.307 e. The van der Waals surface area contributed by atoms with Crippen molar-refractivity contribution < 1.29 is 14.1 Å². The predicted octanol–water partition coefficient (Wildman–Crippen LogP) is 4.54. The molecule has 6 nitrogen and oxygen atoms in total. The van der Waals surface area contributed by atoms with Crippen LogP contribution < -0.4 is 4.90 Å². The molecule has 0 unspecified atom stereocenters. The second-order valence-corrected chi connectivity index (χ2v) is 8.93. The Labute approximate surface area is 178 Å². The zero-order chi connectivity index (χ0) is 21.0. The van der Waals surface area contributed by atoms with E-state index in [0.717, 1.165) is 31.5 Å². The van der Waals surface area contributed by atoms with Gasteiger partial charge in [0.2, 0.25) is 0 Å². The van der Waals surface area contributed by atoms with Crippen molar-refractivity contribution in [2.24, 2.45) is 0 Å². The van der Waals surface area contributed by atoms with Gasteiger partial charge in [0, 0.05) is 35.3 Å². The van der Waals surface area contributed by atoms with Gasteiger partial charge < -0.3 is 9.80 Å². The molecule has 1 saturated carbocycles. The van der Waals surface area contributed by atoms with Gasteiger partial charge in [0.25, 0.3) is 11.6 Å². The largest absolute Gasteiger partial charge is 0.307 e. The molecule has 2 fully saturated rings. The fraction of sp³-hybridized carbons (Fsp3) is 0.409. The summed E-state index contributed by atoms with van der Waals surface area (Å²) in [5, 5.41) is 11.2. The van der Waals surface area contributed by atoms with Gasteiger partial charge in [0.05, 0.1) is 4.92 Å². The molecular formula is C22H21ClFN3O3. The number of piperidine rings is 1. The molecule has 1 aliphatic carbocycles. The van der Waals surface area contributed by atoms with E-state index in [1.807, 2.05) is 0 Å². The van der Waals surface area contributed by atoms with Crippen molar-refractivity contribution in [2.45, 2.75) is 37.1 Å². The normalized spacial score (nSPS) is 20.4. The summed E-state index contributed by atoms with van der Waals surface area (Å²) >= 11 is 5.90. The zero-order valence-electron chi connectivity index (χ0n) is 16.3. The first-order chi connectivity index (χ1) is 14.4. The second kappa shape index (κ2) is 7.03. The minimum absolute atomic E-state index is 0.00985. The molecule has 2 aromatic rings. The van der Waals surface area contributed by atoms with E-state index >= 15 is 0 Å². The van der Waals surface area contributed by atoms with E-state index in [4.69, 9.17) is 11.6 Å². The van der Waals surface area contributed by atoms with Crippen LogP contribution >= 0.6 is 11.6 Å². The Morgan fingerprint density at radius 2 is 1.90 bits per heavy atom. The van der Waals surface area contributed by atoms with Crippen LogP contribution in [0.2, 0.25) is 5.02 Å². The van der Waals surface area contributed by atoms with Gasteiger partial charge in [-0.15, -0.1) is 0 Å². The third-order valence-corrected chi connectivity index (χ3v) is 7.05. The van der Waals surface area contributed by atoms with Gasteiger partial charge in [-0.25, -0.2) is 4.39 Å². The van der Waals surface area contributed by atoms with E-state index in [0.29, 0.717) is 18.3 Å². The molecule has 1 spiro atoms. The number of hydrogen-bond donors (Lipinski definition) is 0. The average molecular weight is 430 g/mol. The number of carbonyl (C=O) groups excluding carboxylic acids is 1. The van der Waals surface area contributed by atoms with Gasteiger partial charge in [-0.3, -0.25) is 14.9 Å². The highest BCUT2D eigenvalue weighted by molar-refractivity contribution is 6.32. The van der Waals surface area contributed by atoms with Crippen molar-refractivity contribution in [1.82, 2.24) is 4.90 Å². The highest BCUT2D eigenvalue weighted by Gasteiger charge is 2.48. The lowest BCUT2D eigenvalue weighted by atomic mass is 9.74. The fourth-order valence-corrected chi connectivity index (χ4v) is 5.13. The Morgan fingerprint density at radius 3 is 2.57 bits per heavy atom. The highest BCUT2D eigenvalue weighted by atomic mass is 35.5. The van der Waals surface area contributed by atoms with Gasteiger partial charge in [-0.1, -0.05) is 11.6 Å². The Balaban J connectivity index is 1.49. The molecule has 30 heavy (non-hydrogen) atoms. The predicted molar refractivity (Wildman–Crippen MR) is 112 cm³/mol. The Hall–Kier alpha value is -2.51. The summed E-state index contributed by atoms with van der Waals surface area (Å²) in [4.78, 5) is 28.1. The summed E-state index contributed by atoms with van der Waals surface area (Å²) in [5.74, 6) is -0.640. The van der Waals surface area contributed by atoms with Crippen LogP contribution in [0.15, 0.2) is 36.4 Å². The first-order valence-corrected chi connectivity index (χ1v) is 10.6. The van der Waals surface area contributed by atoms with Crippen molar-refractivity contribution in [3.8, 4) is 0 Å². The van der Waals surface area contributed by atoms with Crippen LogP contribution in [-0.4, -0.2) is 41.4 Å². The number of fused-ring (bicyclic) bond motifs is 2. The van der Waals surface area contributed by atoms with Gasteiger partial charge >= 0.3 is 0 Å². The molecule has 2 aromatic carbocycles. The molecule has 2 heterocycles. The first kappa shape index (κ1) is 19.5. The number of benzene rings is 2.